The molecule has 4 nitrogen and oxygen atoms in total. The number of halogens is 4. The number of nitrogens with zero attached hydrogens (tertiary/aromatic N) is 3. The van der Waals surface area contributed by atoms with E-state index in [1.54, 1.807) is 27.7 Å². The summed E-state index contributed by atoms with van der Waals surface area (Å²) < 4.78 is 40.3. The molecule has 0 spiro atoms. The van der Waals surface area contributed by atoms with Crippen LogP contribution in [0.15, 0.2) is 42.5 Å². The molecule has 1 heterocycles. The molecule has 0 unspecified atom stereocenters. The molecule has 28 heavy (non-hydrogen) atoms. The number of carbonyl (C=O) groups excluding carboxylic acids is 1. The molecule has 1 amide bonds. The number of hydrogen-bond acceptors (Lipinski definition) is 2. The number of imidazole rings is 1. The Balaban J connectivity index is 2.10. The number of alkyl halides is 3. The zero-order chi connectivity index (χ0) is 20.5. The van der Waals surface area contributed by atoms with Gasteiger partial charge >= 0.3 is 6.18 Å². The first kappa shape index (κ1) is 20.2. The summed E-state index contributed by atoms with van der Waals surface area (Å²) in [5, 5.41) is 0.489. The van der Waals surface area contributed by atoms with Crippen LogP contribution >= 0.6 is 11.6 Å². The van der Waals surface area contributed by atoms with Crippen LogP contribution in [0.5, 0.6) is 0 Å². The fourth-order valence-electron chi connectivity index (χ4n) is 3.10. The highest BCUT2D eigenvalue weighted by atomic mass is 35.5. The summed E-state index contributed by atoms with van der Waals surface area (Å²) in [6, 6.07) is 9.87. The van der Waals surface area contributed by atoms with Gasteiger partial charge in [0.25, 0.3) is 0 Å². The quantitative estimate of drug-likeness (QED) is 0.577. The fourth-order valence-corrected chi connectivity index (χ4v) is 3.26. The summed E-state index contributed by atoms with van der Waals surface area (Å²) >= 11 is 6.11. The second kappa shape index (κ2) is 7.83. The Morgan fingerprint density at radius 3 is 2.32 bits per heavy atom. The number of hydrogen-bond donors (Lipinski definition) is 0. The van der Waals surface area contributed by atoms with Gasteiger partial charge in [-0.05, 0) is 44.2 Å². The van der Waals surface area contributed by atoms with E-state index in [0.717, 1.165) is 12.1 Å². The standard InChI is InChI=1S/C20H19ClF3N3O/c1-3-26(4-2)18(28)12-27-17-11-15(21)9-10-16(17)25-19(27)13-5-7-14(8-6-13)20(22,23)24/h5-11H,3-4,12H2,1-2H3. The number of carbonyl (C=O) groups is 1. The molecule has 8 heteroatoms. The van der Waals surface area contributed by atoms with Gasteiger partial charge in [0.15, 0.2) is 0 Å². The van der Waals surface area contributed by atoms with E-state index in [-0.39, 0.29) is 12.5 Å². The minimum atomic E-state index is -4.41. The fraction of sp³-hybridized carbons (Fsp3) is 0.300. The first-order valence-corrected chi connectivity index (χ1v) is 9.23. The molecule has 0 bridgehead atoms. The number of amides is 1. The Morgan fingerprint density at radius 1 is 1.11 bits per heavy atom. The van der Waals surface area contributed by atoms with Gasteiger partial charge in [0.1, 0.15) is 12.4 Å². The summed E-state index contributed by atoms with van der Waals surface area (Å²) in [5.74, 6) is 0.323. The molecule has 1 aromatic heterocycles. The van der Waals surface area contributed by atoms with Gasteiger partial charge in [-0.1, -0.05) is 23.7 Å². The maximum atomic E-state index is 12.9. The van der Waals surface area contributed by atoms with E-state index in [2.05, 4.69) is 4.98 Å². The van der Waals surface area contributed by atoms with Crippen molar-refractivity contribution in [2.75, 3.05) is 13.1 Å². The predicted octanol–water partition coefficient (Wildman–Crippen LogP) is 5.24. The molecule has 3 aromatic rings. The number of aromatic nitrogens is 2. The lowest BCUT2D eigenvalue weighted by Gasteiger charge is -2.20. The van der Waals surface area contributed by atoms with E-state index in [4.69, 9.17) is 11.6 Å². The third-order valence-corrected chi connectivity index (χ3v) is 4.83. The number of likely N-dealkylation sites (N-methyl/N-ethyl adjacent to an activating group) is 1. The third kappa shape index (κ3) is 3.99. The monoisotopic (exact) mass is 409 g/mol. The normalized spacial score (nSPS) is 11.8. The van der Waals surface area contributed by atoms with E-state index >= 15 is 0 Å². The van der Waals surface area contributed by atoms with E-state index < -0.39 is 11.7 Å². The lowest BCUT2D eigenvalue weighted by Crippen LogP contribution is -2.33. The molecule has 0 saturated carbocycles. The molecule has 0 atom stereocenters. The van der Waals surface area contributed by atoms with Gasteiger partial charge < -0.3 is 9.47 Å². The van der Waals surface area contributed by atoms with Crippen LogP contribution in [-0.4, -0.2) is 33.4 Å². The van der Waals surface area contributed by atoms with Crippen LogP contribution in [0.4, 0.5) is 13.2 Å². The van der Waals surface area contributed by atoms with Gasteiger partial charge in [0.05, 0.1) is 16.6 Å². The highest BCUT2D eigenvalue weighted by Crippen LogP contribution is 2.32. The first-order valence-electron chi connectivity index (χ1n) is 8.85. The van der Waals surface area contributed by atoms with Crippen molar-refractivity contribution in [2.45, 2.75) is 26.6 Å². The van der Waals surface area contributed by atoms with E-state index in [1.807, 2.05) is 13.8 Å². The van der Waals surface area contributed by atoms with Crippen molar-refractivity contribution in [3.8, 4) is 11.4 Å². The summed E-state index contributed by atoms with van der Waals surface area (Å²) in [4.78, 5) is 18.9. The molecule has 0 aliphatic heterocycles. The van der Waals surface area contributed by atoms with Gasteiger partial charge in [-0.2, -0.15) is 13.2 Å². The van der Waals surface area contributed by atoms with Crippen LogP contribution in [0.3, 0.4) is 0 Å². The van der Waals surface area contributed by atoms with Crippen molar-refractivity contribution in [3.63, 3.8) is 0 Å². The molecule has 0 saturated heterocycles. The molecule has 3 rings (SSSR count). The molecule has 0 aliphatic rings. The first-order chi connectivity index (χ1) is 13.2. The van der Waals surface area contributed by atoms with Crippen LogP contribution in [0.25, 0.3) is 22.4 Å². The predicted molar refractivity (Wildman–Crippen MR) is 103 cm³/mol. The average Bonchev–Trinajstić information content (AvgIpc) is 3.00. The van der Waals surface area contributed by atoms with Crippen LogP contribution in [0.2, 0.25) is 5.02 Å². The summed E-state index contributed by atoms with van der Waals surface area (Å²) in [6.07, 6.45) is -4.41. The molecule has 0 fully saturated rings. The lowest BCUT2D eigenvalue weighted by atomic mass is 10.1. The van der Waals surface area contributed by atoms with Crippen molar-refractivity contribution in [1.29, 1.82) is 0 Å². The Hall–Kier alpha value is -2.54. The zero-order valence-electron chi connectivity index (χ0n) is 15.4. The highest BCUT2D eigenvalue weighted by molar-refractivity contribution is 6.31. The molecule has 0 radical (unpaired) electrons. The molecule has 2 aromatic carbocycles. The maximum Gasteiger partial charge on any atom is 0.416 e. The second-order valence-corrected chi connectivity index (χ2v) is 6.73. The molecule has 0 aliphatic carbocycles. The molecular formula is C20H19ClF3N3O. The Kier molecular flexibility index (Phi) is 5.65. The van der Waals surface area contributed by atoms with Gasteiger partial charge in [0, 0.05) is 23.7 Å². The lowest BCUT2D eigenvalue weighted by molar-refractivity contribution is -0.137. The van der Waals surface area contributed by atoms with Crippen LogP contribution in [0.1, 0.15) is 19.4 Å². The van der Waals surface area contributed by atoms with Gasteiger partial charge in [0.2, 0.25) is 5.91 Å². The Bertz CT molecular complexity index is 992. The van der Waals surface area contributed by atoms with E-state index in [0.29, 0.717) is 40.5 Å². The molecular weight excluding hydrogens is 391 g/mol. The van der Waals surface area contributed by atoms with Crippen molar-refractivity contribution in [2.24, 2.45) is 0 Å². The smallest absolute Gasteiger partial charge is 0.342 e. The van der Waals surface area contributed by atoms with Crippen molar-refractivity contribution in [1.82, 2.24) is 14.5 Å². The van der Waals surface area contributed by atoms with Gasteiger partial charge in [-0.25, -0.2) is 4.98 Å². The Morgan fingerprint density at radius 2 is 1.75 bits per heavy atom. The summed E-state index contributed by atoms with van der Waals surface area (Å²) in [7, 11) is 0. The van der Waals surface area contributed by atoms with E-state index in [1.165, 1.54) is 12.1 Å². The highest BCUT2D eigenvalue weighted by Gasteiger charge is 2.30. The minimum absolute atomic E-state index is 0.0227. The summed E-state index contributed by atoms with van der Waals surface area (Å²) in [6.45, 7) is 4.94. The average molecular weight is 410 g/mol. The third-order valence-electron chi connectivity index (χ3n) is 4.59. The van der Waals surface area contributed by atoms with Crippen LogP contribution < -0.4 is 0 Å². The molecule has 148 valence electrons. The zero-order valence-corrected chi connectivity index (χ0v) is 16.2. The van der Waals surface area contributed by atoms with Gasteiger partial charge in [-0.3, -0.25) is 4.79 Å². The topological polar surface area (TPSA) is 38.1 Å². The Labute approximate surface area is 165 Å². The second-order valence-electron chi connectivity index (χ2n) is 6.30. The minimum Gasteiger partial charge on any atom is -0.342 e. The SMILES string of the molecule is CCN(CC)C(=O)Cn1c(-c2ccc(C(F)(F)F)cc2)nc2ccc(Cl)cc21. The number of benzene rings is 2. The summed E-state index contributed by atoms with van der Waals surface area (Å²) in [5.41, 5.74) is 1.03. The number of rotatable bonds is 5. The van der Waals surface area contributed by atoms with Crippen molar-refractivity contribution < 1.29 is 18.0 Å². The number of fused-ring (bicyclic) bond motifs is 1. The van der Waals surface area contributed by atoms with Gasteiger partial charge in [-0.15, -0.1) is 0 Å². The largest absolute Gasteiger partial charge is 0.416 e. The van der Waals surface area contributed by atoms with Crippen molar-refractivity contribution in [3.05, 3.63) is 53.1 Å². The van der Waals surface area contributed by atoms with Crippen LogP contribution in [-0.2, 0) is 17.5 Å². The van der Waals surface area contributed by atoms with E-state index in [9.17, 15) is 18.0 Å². The van der Waals surface area contributed by atoms with Crippen molar-refractivity contribution >= 4 is 28.5 Å². The van der Waals surface area contributed by atoms with Crippen LogP contribution in [0, 0.1) is 0 Å². The molecule has 0 N–H and O–H groups in total. The maximum absolute atomic E-state index is 12.9.